The van der Waals surface area contributed by atoms with Gasteiger partial charge >= 0.3 is 0 Å². The Bertz CT molecular complexity index is 1350. The third-order valence-electron chi connectivity index (χ3n) is 10.1. The first-order valence-electron chi connectivity index (χ1n) is 16.5. The van der Waals surface area contributed by atoms with E-state index in [1.807, 2.05) is 62.1 Å². The molecule has 0 aromatic heterocycles. The van der Waals surface area contributed by atoms with Crippen molar-refractivity contribution in [3.05, 3.63) is 48.6 Å². The Morgan fingerprint density at radius 2 is 1.69 bits per heavy atom. The van der Waals surface area contributed by atoms with Crippen LogP contribution in [0.5, 0.6) is 5.75 Å². The molecule has 3 amide bonds. The molecule has 0 saturated carbocycles. The van der Waals surface area contributed by atoms with E-state index < -0.39 is 34.2 Å². The normalized spacial score (nSPS) is 29.7. The molecule has 4 heterocycles. The molecule has 1 aromatic rings. The number of anilines is 1. The number of ether oxygens (including phenoxy) is 1. The van der Waals surface area contributed by atoms with E-state index >= 15 is 0 Å². The molecular weight excluding hydrogens is 586 g/mol. The summed E-state index contributed by atoms with van der Waals surface area (Å²) in [5, 5.41) is 10.5. The van der Waals surface area contributed by atoms with Gasteiger partial charge in [0.05, 0.1) is 35.8 Å². The van der Waals surface area contributed by atoms with Crippen LogP contribution >= 0.6 is 11.8 Å². The van der Waals surface area contributed by atoms with Gasteiger partial charge in [-0.1, -0.05) is 65.3 Å². The predicted octanol–water partition coefficient (Wildman–Crippen LogP) is 5.31. The van der Waals surface area contributed by atoms with Gasteiger partial charge in [0, 0.05) is 29.6 Å². The summed E-state index contributed by atoms with van der Waals surface area (Å²) in [4.78, 5) is 49.8. The fourth-order valence-electron chi connectivity index (χ4n) is 8.31. The van der Waals surface area contributed by atoms with Crippen LogP contribution < -0.4 is 9.64 Å². The zero-order valence-corrected chi connectivity index (χ0v) is 29.0. The third kappa shape index (κ3) is 5.84. The molecular formula is C36H51N3O5S. The summed E-state index contributed by atoms with van der Waals surface area (Å²) >= 11 is 1.58. The van der Waals surface area contributed by atoms with Crippen molar-refractivity contribution < 1.29 is 24.2 Å². The van der Waals surface area contributed by atoms with Crippen LogP contribution in [0.2, 0.25) is 0 Å². The van der Waals surface area contributed by atoms with Gasteiger partial charge in [-0.25, -0.2) is 0 Å². The van der Waals surface area contributed by atoms with Gasteiger partial charge in [0.25, 0.3) is 0 Å². The first-order valence-corrected chi connectivity index (χ1v) is 17.4. The van der Waals surface area contributed by atoms with Crippen LogP contribution in [-0.4, -0.2) is 86.6 Å². The summed E-state index contributed by atoms with van der Waals surface area (Å²) in [7, 11) is 0. The minimum Gasteiger partial charge on any atom is -0.494 e. The maximum absolute atomic E-state index is 15.0. The molecule has 9 heteroatoms. The van der Waals surface area contributed by atoms with E-state index in [0.29, 0.717) is 19.7 Å². The zero-order valence-electron chi connectivity index (χ0n) is 28.2. The highest BCUT2D eigenvalue weighted by atomic mass is 32.2. The van der Waals surface area contributed by atoms with Crippen LogP contribution in [0.3, 0.4) is 0 Å². The van der Waals surface area contributed by atoms with Crippen LogP contribution in [-0.2, 0) is 14.4 Å². The van der Waals surface area contributed by atoms with Crippen molar-refractivity contribution in [2.75, 3.05) is 31.2 Å². The number of likely N-dealkylation sites (tertiary alicyclic amines) is 1. The molecule has 1 spiro atoms. The van der Waals surface area contributed by atoms with Gasteiger partial charge in [-0.15, -0.1) is 11.8 Å². The van der Waals surface area contributed by atoms with Gasteiger partial charge in [-0.05, 0) is 62.8 Å². The zero-order chi connectivity index (χ0) is 32.9. The molecule has 4 aliphatic heterocycles. The Kier molecular flexibility index (Phi) is 9.28. The number of hydrogen-bond donors (Lipinski definition) is 1. The Morgan fingerprint density at radius 1 is 1.00 bits per heavy atom. The molecule has 4 aliphatic rings. The second-order valence-corrected chi connectivity index (χ2v) is 16.4. The smallest absolute Gasteiger partial charge is 0.247 e. The monoisotopic (exact) mass is 637 g/mol. The number of hydrogen-bond acceptors (Lipinski definition) is 6. The van der Waals surface area contributed by atoms with Crippen molar-refractivity contribution in [3.63, 3.8) is 0 Å². The van der Waals surface area contributed by atoms with E-state index in [0.717, 1.165) is 24.3 Å². The molecule has 5 rings (SSSR count). The number of aliphatic hydroxyl groups excluding tert-OH is 1. The molecule has 8 nitrogen and oxygen atoms in total. The standard InChI is InChI=1S/C36H51N3O5S/c1-9-23(3)26(21-40)39-30-33(43)38(35(7,8)22-34(4,5)6)20-12-18-36(30)29(32(39)42)28-27(45-36)13-11-19-37(31(28)41)24-14-16-25(17-15-24)44-10-2/h11-18,23,26-30,40H,9-10,19-22H2,1-8H3/t23-,26-,27+,28-,29-,30?,36-/m0/s1. The number of benzene rings is 1. The molecule has 0 radical (unpaired) electrons. The van der Waals surface area contributed by atoms with Crippen LogP contribution in [0.15, 0.2) is 48.6 Å². The number of amides is 3. The lowest BCUT2D eigenvalue weighted by Crippen LogP contribution is -2.61. The summed E-state index contributed by atoms with van der Waals surface area (Å²) < 4.78 is 4.69. The van der Waals surface area contributed by atoms with Crippen LogP contribution in [0.25, 0.3) is 0 Å². The summed E-state index contributed by atoms with van der Waals surface area (Å²) in [6.07, 6.45) is 9.71. The number of nitrogens with zero attached hydrogens (tertiary/aromatic N) is 3. The Hall–Kier alpha value is -2.78. The summed E-state index contributed by atoms with van der Waals surface area (Å²) in [5.74, 6) is -1.10. The minimum atomic E-state index is -0.932. The highest BCUT2D eigenvalue weighted by Gasteiger charge is 2.72. The molecule has 1 aromatic carbocycles. The Labute approximate surface area is 273 Å². The SMILES string of the molecule is CCOc1ccc(N2CC=C[C@H]3S[C@]45C=CCN(C(C)(C)CC(C)(C)C)C(=O)C4N([C@@H](CO)[C@@H](C)CC)C(=O)[C@@H]5[C@H]3C2=O)cc1. The van der Waals surface area contributed by atoms with Gasteiger partial charge < -0.3 is 24.5 Å². The highest BCUT2D eigenvalue weighted by Crippen LogP contribution is 2.62. The molecule has 1 unspecified atom stereocenters. The summed E-state index contributed by atoms with van der Waals surface area (Å²) in [5.41, 5.74) is 0.248. The van der Waals surface area contributed by atoms with Crippen molar-refractivity contribution in [1.82, 2.24) is 9.80 Å². The lowest BCUT2D eigenvalue weighted by atomic mass is 9.77. The van der Waals surface area contributed by atoms with Crippen molar-refractivity contribution in [3.8, 4) is 5.75 Å². The van der Waals surface area contributed by atoms with E-state index in [-0.39, 0.29) is 40.9 Å². The number of fused-ring (bicyclic) bond motifs is 2. The first kappa shape index (κ1) is 33.6. The first-order chi connectivity index (χ1) is 21.2. The highest BCUT2D eigenvalue weighted by molar-refractivity contribution is 8.02. The van der Waals surface area contributed by atoms with Crippen molar-refractivity contribution in [1.29, 1.82) is 0 Å². The van der Waals surface area contributed by atoms with E-state index in [9.17, 15) is 19.5 Å². The second kappa shape index (κ2) is 12.4. The van der Waals surface area contributed by atoms with E-state index in [4.69, 9.17) is 4.74 Å². The molecule has 2 fully saturated rings. The van der Waals surface area contributed by atoms with Crippen LogP contribution in [0.1, 0.15) is 68.2 Å². The van der Waals surface area contributed by atoms with Crippen molar-refractivity contribution >= 4 is 35.2 Å². The minimum absolute atomic E-state index is 0.0214. The molecule has 2 saturated heterocycles. The molecule has 0 bridgehead atoms. The average molecular weight is 638 g/mol. The maximum atomic E-state index is 15.0. The molecule has 1 N–H and O–H groups in total. The average Bonchev–Trinajstić information content (AvgIpc) is 3.27. The summed E-state index contributed by atoms with van der Waals surface area (Å²) in [6.45, 7) is 17.9. The van der Waals surface area contributed by atoms with Gasteiger partial charge in [-0.3, -0.25) is 14.4 Å². The molecule has 246 valence electrons. The fraction of sp³-hybridized carbons (Fsp3) is 0.639. The predicted molar refractivity (Wildman–Crippen MR) is 180 cm³/mol. The molecule has 45 heavy (non-hydrogen) atoms. The Balaban J connectivity index is 1.60. The van der Waals surface area contributed by atoms with E-state index in [2.05, 4.69) is 46.8 Å². The number of carbonyl (C=O) groups is 3. The van der Waals surface area contributed by atoms with Crippen molar-refractivity contribution in [2.45, 2.75) is 95.9 Å². The largest absolute Gasteiger partial charge is 0.494 e. The fourth-order valence-corrected chi connectivity index (χ4v) is 10.3. The van der Waals surface area contributed by atoms with Gasteiger partial charge in [0.1, 0.15) is 11.8 Å². The number of aliphatic hydroxyl groups is 1. The lowest BCUT2D eigenvalue weighted by molar-refractivity contribution is -0.150. The number of thioether (sulfide) groups is 1. The lowest BCUT2D eigenvalue weighted by Gasteiger charge is -2.46. The maximum Gasteiger partial charge on any atom is 0.247 e. The quantitative estimate of drug-likeness (QED) is 0.370. The Morgan fingerprint density at radius 3 is 2.29 bits per heavy atom. The summed E-state index contributed by atoms with van der Waals surface area (Å²) in [6, 6.07) is 6.14. The number of carbonyl (C=O) groups excluding carboxylic acids is 3. The van der Waals surface area contributed by atoms with Gasteiger partial charge in [-0.2, -0.15) is 0 Å². The van der Waals surface area contributed by atoms with Crippen LogP contribution in [0.4, 0.5) is 5.69 Å². The third-order valence-corrected chi connectivity index (χ3v) is 11.8. The molecule has 7 atom stereocenters. The molecule has 0 aliphatic carbocycles. The van der Waals surface area contributed by atoms with E-state index in [1.165, 1.54) is 0 Å². The number of rotatable bonds is 9. The van der Waals surface area contributed by atoms with Crippen molar-refractivity contribution in [2.24, 2.45) is 23.2 Å². The second-order valence-electron chi connectivity index (χ2n) is 14.9. The van der Waals surface area contributed by atoms with Gasteiger partial charge in [0.15, 0.2) is 0 Å². The van der Waals surface area contributed by atoms with Gasteiger partial charge in [0.2, 0.25) is 17.7 Å². The van der Waals surface area contributed by atoms with E-state index in [1.54, 1.807) is 21.6 Å². The topological polar surface area (TPSA) is 90.4 Å². The van der Waals surface area contributed by atoms with Crippen LogP contribution in [0, 0.1) is 23.2 Å².